The van der Waals surface area contributed by atoms with Crippen LogP contribution in [-0.4, -0.2) is 57.4 Å². The molecule has 1 saturated heterocycles. The van der Waals surface area contributed by atoms with Crippen LogP contribution in [0.4, 0.5) is 5.82 Å². The van der Waals surface area contributed by atoms with Gasteiger partial charge in [0.15, 0.2) is 5.78 Å². The molecule has 2 aromatic carbocycles. The number of fused-ring (bicyclic) bond motifs is 1. The van der Waals surface area contributed by atoms with E-state index in [1.165, 1.54) is 0 Å². The Morgan fingerprint density at radius 3 is 2.65 bits per heavy atom. The van der Waals surface area contributed by atoms with E-state index in [9.17, 15) is 4.79 Å². The lowest BCUT2D eigenvalue weighted by Gasteiger charge is -2.29. The molecule has 3 aromatic rings. The van der Waals surface area contributed by atoms with Crippen LogP contribution in [-0.2, 0) is 9.47 Å². The Labute approximate surface area is 182 Å². The number of hydrogen-bond donors (Lipinski definition) is 0. The summed E-state index contributed by atoms with van der Waals surface area (Å²) >= 11 is 0. The smallest absolute Gasteiger partial charge is 0.185 e. The van der Waals surface area contributed by atoms with E-state index >= 15 is 0 Å². The molecule has 31 heavy (non-hydrogen) atoms. The van der Waals surface area contributed by atoms with Crippen molar-refractivity contribution >= 4 is 28.6 Å². The van der Waals surface area contributed by atoms with Crippen molar-refractivity contribution in [2.45, 2.75) is 0 Å². The SMILES string of the molecule is COCCOc1ccc(C(=O)/C=C\c2cc3ccccc3nc2N2CCOCC2)cc1. The maximum atomic E-state index is 12.7. The highest BCUT2D eigenvalue weighted by Crippen LogP contribution is 2.26. The number of benzene rings is 2. The van der Waals surface area contributed by atoms with Crippen molar-refractivity contribution in [2.24, 2.45) is 0 Å². The van der Waals surface area contributed by atoms with Crippen LogP contribution in [0.3, 0.4) is 0 Å². The second kappa shape index (κ2) is 10.2. The van der Waals surface area contributed by atoms with Gasteiger partial charge in [0, 0.05) is 36.7 Å². The van der Waals surface area contributed by atoms with Crippen LogP contribution in [0.25, 0.3) is 17.0 Å². The first-order valence-corrected chi connectivity index (χ1v) is 10.4. The van der Waals surface area contributed by atoms with Crippen LogP contribution in [0.1, 0.15) is 15.9 Å². The van der Waals surface area contributed by atoms with Gasteiger partial charge >= 0.3 is 0 Å². The average molecular weight is 418 g/mol. The Morgan fingerprint density at radius 2 is 1.87 bits per heavy atom. The summed E-state index contributed by atoms with van der Waals surface area (Å²) in [5.74, 6) is 1.53. The molecule has 0 atom stereocenters. The molecule has 160 valence electrons. The molecule has 0 unspecified atom stereocenters. The predicted octanol–water partition coefficient (Wildman–Crippen LogP) is 3.99. The van der Waals surface area contributed by atoms with Crippen molar-refractivity contribution in [3.05, 3.63) is 71.8 Å². The zero-order valence-electron chi connectivity index (χ0n) is 17.6. The van der Waals surface area contributed by atoms with Crippen LogP contribution < -0.4 is 9.64 Å². The Kier molecular flexibility index (Phi) is 6.92. The third kappa shape index (κ3) is 5.29. The number of nitrogens with zero attached hydrogens (tertiary/aromatic N) is 2. The summed E-state index contributed by atoms with van der Waals surface area (Å²) in [6, 6.07) is 17.3. The Morgan fingerprint density at radius 1 is 1.10 bits per heavy atom. The largest absolute Gasteiger partial charge is 0.491 e. The molecule has 0 saturated carbocycles. The second-order valence-corrected chi connectivity index (χ2v) is 7.26. The summed E-state index contributed by atoms with van der Waals surface area (Å²) in [5, 5.41) is 1.05. The van der Waals surface area contributed by atoms with Gasteiger partial charge in [-0.2, -0.15) is 0 Å². The lowest BCUT2D eigenvalue weighted by Crippen LogP contribution is -2.37. The van der Waals surface area contributed by atoms with Gasteiger partial charge in [-0.15, -0.1) is 0 Å². The monoisotopic (exact) mass is 418 g/mol. The van der Waals surface area contributed by atoms with Crippen molar-refractivity contribution in [1.29, 1.82) is 0 Å². The number of hydrogen-bond acceptors (Lipinski definition) is 6. The zero-order valence-corrected chi connectivity index (χ0v) is 17.6. The number of methoxy groups -OCH3 is 1. The number of rotatable bonds is 8. The summed E-state index contributed by atoms with van der Waals surface area (Å²) < 4.78 is 16.0. The van der Waals surface area contributed by atoms with E-state index < -0.39 is 0 Å². The van der Waals surface area contributed by atoms with Crippen LogP contribution in [0.2, 0.25) is 0 Å². The Bertz CT molecular complexity index is 1060. The molecule has 1 fully saturated rings. The maximum Gasteiger partial charge on any atom is 0.185 e. The quantitative estimate of drug-likeness (QED) is 0.313. The first kappa shape index (κ1) is 21.0. The summed E-state index contributed by atoms with van der Waals surface area (Å²) in [6.45, 7) is 3.91. The molecule has 6 nitrogen and oxygen atoms in total. The molecule has 0 spiro atoms. The lowest BCUT2D eigenvalue weighted by atomic mass is 10.1. The standard InChI is InChI=1S/C25H26N2O4/c1-29-16-17-31-22-9-6-19(7-10-22)24(28)11-8-21-18-20-4-2-3-5-23(20)26-25(21)27-12-14-30-15-13-27/h2-11,18H,12-17H2,1H3/b11-8-. The van der Waals surface area contributed by atoms with Crippen LogP contribution in [0, 0.1) is 0 Å². The molecule has 2 heterocycles. The topological polar surface area (TPSA) is 60.9 Å². The van der Waals surface area contributed by atoms with Crippen LogP contribution in [0.5, 0.6) is 5.75 Å². The summed E-state index contributed by atoms with van der Waals surface area (Å²) in [4.78, 5) is 19.8. The van der Waals surface area contributed by atoms with Gasteiger partial charge in [0.25, 0.3) is 0 Å². The van der Waals surface area contributed by atoms with Crippen LogP contribution >= 0.6 is 0 Å². The maximum absolute atomic E-state index is 12.7. The first-order valence-electron chi connectivity index (χ1n) is 10.4. The molecule has 0 aliphatic carbocycles. The highest BCUT2D eigenvalue weighted by atomic mass is 16.5. The molecule has 0 amide bonds. The minimum atomic E-state index is -0.0653. The fourth-order valence-electron chi connectivity index (χ4n) is 3.49. The summed E-state index contributed by atoms with van der Waals surface area (Å²) in [7, 11) is 1.63. The summed E-state index contributed by atoms with van der Waals surface area (Å²) in [6.07, 6.45) is 3.46. The highest BCUT2D eigenvalue weighted by Gasteiger charge is 2.16. The molecule has 1 aliphatic rings. The van der Waals surface area contributed by atoms with Gasteiger partial charge < -0.3 is 19.1 Å². The molecule has 0 N–H and O–H groups in total. The van der Waals surface area contributed by atoms with Crippen LogP contribution in [0.15, 0.2) is 60.7 Å². The van der Waals surface area contributed by atoms with Gasteiger partial charge in [0.2, 0.25) is 0 Å². The number of ether oxygens (including phenoxy) is 3. The molecule has 4 rings (SSSR count). The number of ketones is 1. The minimum absolute atomic E-state index is 0.0653. The fourth-order valence-corrected chi connectivity index (χ4v) is 3.49. The van der Waals surface area contributed by atoms with Gasteiger partial charge in [-0.05, 0) is 48.6 Å². The van der Waals surface area contributed by atoms with Crippen molar-refractivity contribution in [3.63, 3.8) is 0 Å². The first-order chi connectivity index (χ1) is 15.2. The number of carbonyl (C=O) groups excluding carboxylic acids is 1. The average Bonchev–Trinajstić information content (AvgIpc) is 2.83. The van der Waals surface area contributed by atoms with E-state index in [-0.39, 0.29) is 5.78 Å². The van der Waals surface area contributed by atoms with E-state index in [0.717, 1.165) is 35.4 Å². The Hall–Kier alpha value is -3.22. The number of pyridine rings is 1. The normalized spacial score (nSPS) is 14.3. The number of aromatic nitrogens is 1. The van der Waals surface area contributed by atoms with E-state index in [0.29, 0.717) is 37.7 Å². The molecule has 1 aliphatic heterocycles. The van der Waals surface area contributed by atoms with Gasteiger partial charge in [-0.1, -0.05) is 18.2 Å². The highest BCUT2D eigenvalue weighted by molar-refractivity contribution is 6.07. The third-order valence-corrected chi connectivity index (χ3v) is 5.15. The molecule has 1 aromatic heterocycles. The van der Waals surface area contributed by atoms with Crippen molar-refractivity contribution in [1.82, 2.24) is 4.98 Å². The number of para-hydroxylation sites is 1. The fraction of sp³-hybridized carbons (Fsp3) is 0.280. The minimum Gasteiger partial charge on any atom is -0.491 e. The van der Waals surface area contributed by atoms with Crippen molar-refractivity contribution < 1.29 is 19.0 Å². The van der Waals surface area contributed by atoms with Gasteiger partial charge in [0.05, 0.1) is 25.3 Å². The molecule has 0 bridgehead atoms. The molecule has 0 radical (unpaired) electrons. The number of morpholine rings is 1. The Balaban J connectivity index is 1.55. The van der Waals surface area contributed by atoms with Crippen molar-refractivity contribution in [3.8, 4) is 5.75 Å². The van der Waals surface area contributed by atoms with E-state index in [1.54, 1.807) is 37.5 Å². The third-order valence-electron chi connectivity index (χ3n) is 5.15. The van der Waals surface area contributed by atoms with Gasteiger partial charge in [-0.3, -0.25) is 4.79 Å². The molecular formula is C25H26N2O4. The summed E-state index contributed by atoms with van der Waals surface area (Å²) in [5.41, 5.74) is 2.47. The zero-order chi connectivity index (χ0) is 21.5. The van der Waals surface area contributed by atoms with E-state index in [2.05, 4.69) is 11.0 Å². The number of anilines is 1. The lowest BCUT2D eigenvalue weighted by molar-refractivity contribution is 0.104. The number of carbonyl (C=O) groups is 1. The van der Waals surface area contributed by atoms with E-state index in [4.69, 9.17) is 19.2 Å². The number of allylic oxidation sites excluding steroid dienone is 1. The van der Waals surface area contributed by atoms with Gasteiger partial charge in [0.1, 0.15) is 18.2 Å². The molecule has 6 heteroatoms. The van der Waals surface area contributed by atoms with E-state index in [1.807, 2.05) is 30.3 Å². The van der Waals surface area contributed by atoms with Gasteiger partial charge in [-0.25, -0.2) is 4.98 Å². The molecular weight excluding hydrogens is 392 g/mol. The predicted molar refractivity (Wildman–Crippen MR) is 122 cm³/mol. The second-order valence-electron chi connectivity index (χ2n) is 7.26. The van der Waals surface area contributed by atoms with Crippen molar-refractivity contribution in [2.75, 3.05) is 51.5 Å².